The topological polar surface area (TPSA) is 89.5 Å². The van der Waals surface area contributed by atoms with Crippen LogP contribution in [0.25, 0.3) is 17.1 Å². The molecule has 0 bridgehead atoms. The molecule has 0 amide bonds. The Morgan fingerprint density at radius 2 is 1.83 bits per heavy atom. The van der Waals surface area contributed by atoms with Crippen LogP contribution < -0.4 is 4.74 Å². The maximum absolute atomic E-state index is 9.21. The molecule has 0 atom stereocenters. The molecule has 0 aliphatic carbocycles. The van der Waals surface area contributed by atoms with E-state index in [1.165, 1.54) is 11.8 Å². The molecule has 0 N–H and O–H groups in total. The predicted molar refractivity (Wildman–Crippen MR) is 114 cm³/mol. The molecular weight excluding hydrogens is 420 g/mol. The van der Waals surface area contributed by atoms with E-state index in [9.17, 15) is 5.26 Å². The molecule has 1 aromatic carbocycles. The standard InChI is InChI=1S/C21H15ClN6OS/c1-2-29-16-5-3-15(4-6-16)28-20(14-9-11-24-12-10-14)26-27-21(28)30-19-8-7-17(22)18(13-23)25-19/h3-12H,2H2,1H3. The van der Waals surface area contributed by atoms with E-state index >= 15 is 0 Å². The number of nitriles is 1. The van der Waals surface area contributed by atoms with Crippen LogP contribution in [0.4, 0.5) is 0 Å². The molecule has 0 aliphatic heterocycles. The third kappa shape index (κ3) is 4.13. The van der Waals surface area contributed by atoms with Gasteiger partial charge in [0.2, 0.25) is 5.16 Å². The minimum absolute atomic E-state index is 0.170. The zero-order chi connectivity index (χ0) is 20.9. The van der Waals surface area contributed by atoms with Crippen molar-refractivity contribution in [3.05, 3.63) is 71.6 Å². The maximum Gasteiger partial charge on any atom is 0.202 e. The normalized spacial score (nSPS) is 10.6. The summed E-state index contributed by atoms with van der Waals surface area (Å²) in [6, 6.07) is 16.8. The van der Waals surface area contributed by atoms with E-state index < -0.39 is 0 Å². The molecule has 9 heteroatoms. The van der Waals surface area contributed by atoms with Crippen LogP contribution in [-0.2, 0) is 0 Å². The van der Waals surface area contributed by atoms with Crippen molar-refractivity contribution in [1.29, 1.82) is 5.26 Å². The molecular formula is C21H15ClN6OS. The van der Waals surface area contributed by atoms with Gasteiger partial charge in [-0.3, -0.25) is 9.55 Å². The number of aromatic nitrogens is 5. The molecule has 0 aliphatic rings. The number of pyridine rings is 2. The van der Waals surface area contributed by atoms with E-state index in [0.717, 1.165) is 17.0 Å². The Morgan fingerprint density at radius 3 is 2.53 bits per heavy atom. The SMILES string of the molecule is CCOc1ccc(-n2c(Sc3ccc(Cl)c(C#N)n3)nnc2-c2ccncc2)cc1. The van der Waals surface area contributed by atoms with E-state index in [-0.39, 0.29) is 5.69 Å². The molecule has 0 fully saturated rings. The van der Waals surface area contributed by atoms with Gasteiger partial charge in [-0.15, -0.1) is 10.2 Å². The van der Waals surface area contributed by atoms with Gasteiger partial charge in [0.15, 0.2) is 11.5 Å². The largest absolute Gasteiger partial charge is 0.494 e. The van der Waals surface area contributed by atoms with Crippen LogP contribution in [0.3, 0.4) is 0 Å². The summed E-state index contributed by atoms with van der Waals surface area (Å²) in [4.78, 5) is 8.38. The second kappa shape index (κ2) is 8.95. The summed E-state index contributed by atoms with van der Waals surface area (Å²) in [5.74, 6) is 1.45. The summed E-state index contributed by atoms with van der Waals surface area (Å²) < 4.78 is 7.48. The van der Waals surface area contributed by atoms with Gasteiger partial charge in [-0.25, -0.2) is 4.98 Å². The minimum Gasteiger partial charge on any atom is -0.494 e. The summed E-state index contributed by atoms with van der Waals surface area (Å²) in [5, 5.41) is 19.5. The number of hydrogen-bond donors (Lipinski definition) is 0. The lowest BCUT2D eigenvalue weighted by Crippen LogP contribution is -2.00. The van der Waals surface area contributed by atoms with Crippen LogP contribution in [0, 0.1) is 11.3 Å². The summed E-state index contributed by atoms with van der Waals surface area (Å²) in [6.07, 6.45) is 3.42. The predicted octanol–water partition coefficient (Wildman–Crippen LogP) is 4.80. The van der Waals surface area contributed by atoms with Crippen molar-refractivity contribution in [3.8, 4) is 28.9 Å². The van der Waals surface area contributed by atoms with E-state index in [1.807, 2.05) is 54.0 Å². The first-order valence-electron chi connectivity index (χ1n) is 9.03. The monoisotopic (exact) mass is 434 g/mol. The van der Waals surface area contributed by atoms with Crippen molar-refractivity contribution in [3.63, 3.8) is 0 Å². The molecule has 0 saturated heterocycles. The number of halogens is 1. The lowest BCUT2D eigenvalue weighted by molar-refractivity contribution is 0.340. The van der Waals surface area contributed by atoms with E-state index in [2.05, 4.69) is 20.2 Å². The van der Waals surface area contributed by atoms with Crippen molar-refractivity contribution in [2.24, 2.45) is 0 Å². The number of ether oxygens (including phenoxy) is 1. The zero-order valence-electron chi connectivity index (χ0n) is 15.9. The number of hydrogen-bond acceptors (Lipinski definition) is 7. The molecule has 3 heterocycles. The number of nitrogens with zero attached hydrogens (tertiary/aromatic N) is 6. The third-order valence-electron chi connectivity index (χ3n) is 4.10. The molecule has 0 unspecified atom stereocenters. The molecule has 0 radical (unpaired) electrons. The second-order valence-electron chi connectivity index (χ2n) is 6.00. The molecule has 7 nitrogen and oxygen atoms in total. The van der Waals surface area contributed by atoms with Crippen molar-refractivity contribution < 1.29 is 4.74 Å². The van der Waals surface area contributed by atoms with Crippen LogP contribution in [0.5, 0.6) is 5.75 Å². The van der Waals surface area contributed by atoms with Crippen LogP contribution >= 0.6 is 23.4 Å². The van der Waals surface area contributed by atoms with Gasteiger partial charge >= 0.3 is 0 Å². The van der Waals surface area contributed by atoms with E-state index in [4.69, 9.17) is 16.3 Å². The summed E-state index contributed by atoms with van der Waals surface area (Å²) in [5.41, 5.74) is 1.91. The van der Waals surface area contributed by atoms with Crippen LogP contribution in [0.2, 0.25) is 5.02 Å². The van der Waals surface area contributed by atoms with Gasteiger partial charge < -0.3 is 4.74 Å². The molecule has 30 heavy (non-hydrogen) atoms. The highest BCUT2D eigenvalue weighted by Gasteiger charge is 2.18. The minimum atomic E-state index is 0.170. The lowest BCUT2D eigenvalue weighted by atomic mass is 10.2. The zero-order valence-corrected chi connectivity index (χ0v) is 17.4. The molecule has 0 saturated carbocycles. The van der Waals surface area contributed by atoms with Gasteiger partial charge in [0.05, 0.1) is 17.3 Å². The van der Waals surface area contributed by atoms with Gasteiger partial charge in [0, 0.05) is 18.0 Å². The number of rotatable bonds is 6. The van der Waals surface area contributed by atoms with Gasteiger partial charge in [0.1, 0.15) is 16.8 Å². The highest BCUT2D eigenvalue weighted by molar-refractivity contribution is 7.99. The average molecular weight is 435 g/mol. The van der Waals surface area contributed by atoms with Crippen LogP contribution in [-0.4, -0.2) is 31.3 Å². The quantitative estimate of drug-likeness (QED) is 0.430. The van der Waals surface area contributed by atoms with E-state index in [0.29, 0.717) is 27.6 Å². The number of benzene rings is 1. The second-order valence-corrected chi connectivity index (χ2v) is 7.39. The Labute approximate surface area is 182 Å². The van der Waals surface area contributed by atoms with Gasteiger partial charge in [-0.2, -0.15) is 5.26 Å². The highest BCUT2D eigenvalue weighted by Crippen LogP contribution is 2.32. The fourth-order valence-electron chi connectivity index (χ4n) is 2.77. The highest BCUT2D eigenvalue weighted by atomic mass is 35.5. The fraction of sp³-hybridized carbons (Fsp3) is 0.0952. The van der Waals surface area contributed by atoms with Gasteiger partial charge in [-0.1, -0.05) is 11.6 Å². The molecule has 4 rings (SSSR count). The summed E-state index contributed by atoms with van der Waals surface area (Å²) in [7, 11) is 0. The van der Waals surface area contributed by atoms with Crippen molar-refractivity contribution in [2.45, 2.75) is 17.1 Å². The van der Waals surface area contributed by atoms with Crippen molar-refractivity contribution in [2.75, 3.05) is 6.61 Å². The smallest absolute Gasteiger partial charge is 0.202 e. The molecule has 0 spiro atoms. The summed E-state index contributed by atoms with van der Waals surface area (Å²) in [6.45, 7) is 2.54. The first kappa shape index (κ1) is 19.9. The van der Waals surface area contributed by atoms with Crippen LogP contribution in [0.1, 0.15) is 12.6 Å². The van der Waals surface area contributed by atoms with Crippen molar-refractivity contribution >= 4 is 23.4 Å². The van der Waals surface area contributed by atoms with Gasteiger partial charge in [-0.05, 0) is 67.2 Å². The fourth-order valence-corrected chi connectivity index (χ4v) is 3.74. The Bertz CT molecular complexity index is 1200. The Hall–Kier alpha value is -3.41. The Morgan fingerprint density at radius 1 is 1.07 bits per heavy atom. The summed E-state index contributed by atoms with van der Waals surface area (Å²) >= 11 is 7.30. The first-order chi connectivity index (χ1) is 14.7. The first-order valence-corrected chi connectivity index (χ1v) is 10.2. The van der Waals surface area contributed by atoms with Crippen LogP contribution in [0.15, 0.2) is 71.1 Å². The maximum atomic E-state index is 9.21. The average Bonchev–Trinajstić information content (AvgIpc) is 3.20. The third-order valence-corrected chi connectivity index (χ3v) is 5.29. The molecule has 3 aromatic heterocycles. The van der Waals surface area contributed by atoms with Gasteiger partial charge in [0.25, 0.3) is 0 Å². The molecule has 4 aromatic rings. The lowest BCUT2D eigenvalue weighted by Gasteiger charge is -2.11. The Kier molecular flexibility index (Phi) is 5.93. The molecule has 148 valence electrons. The van der Waals surface area contributed by atoms with Crippen molar-refractivity contribution in [1.82, 2.24) is 24.7 Å². The Balaban J connectivity index is 1.79. The van der Waals surface area contributed by atoms with E-state index in [1.54, 1.807) is 24.5 Å².